The lowest BCUT2D eigenvalue weighted by Gasteiger charge is -2.11. The molecule has 0 saturated heterocycles. The fourth-order valence-corrected chi connectivity index (χ4v) is 3.53. The van der Waals surface area contributed by atoms with Gasteiger partial charge >= 0.3 is 0 Å². The van der Waals surface area contributed by atoms with Gasteiger partial charge in [-0.05, 0) is 37.6 Å². The Morgan fingerprint density at radius 1 is 1.00 bits per heavy atom. The summed E-state index contributed by atoms with van der Waals surface area (Å²) in [6.07, 6.45) is 0. The van der Waals surface area contributed by atoms with Crippen LogP contribution in [0.5, 0.6) is 0 Å². The summed E-state index contributed by atoms with van der Waals surface area (Å²) in [4.78, 5) is 24.0. The van der Waals surface area contributed by atoms with Gasteiger partial charge in [0.2, 0.25) is 11.8 Å². The number of nitrogens with zero attached hydrogens (tertiary/aromatic N) is 3. The number of halogens is 3. The third-order valence-corrected chi connectivity index (χ3v) is 5.17. The molecule has 2 N–H and O–H groups in total. The van der Waals surface area contributed by atoms with Crippen molar-refractivity contribution in [3.05, 3.63) is 65.2 Å². The van der Waals surface area contributed by atoms with Gasteiger partial charge in [0.05, 0.1) is 23.7 Å². The average Bonchev–Trinajstić information content (AvgIpc) is 3.11. The van der Waals surface area contributed by atoms with Gasteiger partial charge in [0.15, 0.2) is 22.6 Å². The lowest BCUT2D eigenvalue weighted by atomic mass is 10.2. The summed E-state index contributed by atoms with van der Waals surface area (Å²) in [5, 5.41) is 13.1. The maximum absolute atomic E-state index is 13.6. The summed E-state index contributed by atoms with van der Waals surface area (Å²) in [6.45, 7) is 3.27. The van der Waals surface area contributed by atoms with Crippen molar-refractivity contribution in [2.75, 3.05) is 17.6 Å². The van der Waals surface area contributed by atoms with Gasteiger partial charge < -0.3 is 10.6 Å². The first-order valence-corrected chi connectivity index (χ1v) is 10.1. The molecule has 0 aliphatic carbocycles. The number of nitrogens with one attached hydrogen (secondary N) is 2. The van der Waals surface area contributed by atoms with E-state index in [2.05, 4.69) is 20.8 Å². The molecule has 162 valence electrons. The van der Waals surface area contributed by atoms with Gasteiger partial charge in [-0.2, -0.15) is 0 Å². The Balaban J connectivity index is 1.55. The highest BCUT2D eigenvalue weighted by Crippen LogP contribution is 2.24. The number of aromatic nitrogens is 3. The van der Waals surface area contributed by atoms with Crippen molar-refractivity contribution in [1.82, 2.24) is 20.1 Å². The molecule has 31 heavy (non-hydrogen) atoms. The van der Waals surface area contributed by atoms with E-state index in [1.54, 1.807) is 6.92 Å². The van der Waals surface area contributed by atoms with Gasteiger partial charge in [-0.1, -0.05) is 30.0 Å². The van der Waals surface area contributed by atoms with Crippen LogP contribution in [-0.4, -0.2) is 38.9 Å². The highest BCUT2D eigenvalue weighted by molar-refractivity contribution is 7.99. The van der Waals surface area contributed by atoms with Crippen LogP contribution in [0.1, 0.15) is 11.4 Å². The fraction of sp³-hybridized carbons (Fsp3) is 0.200. The Morgan fingerprint density at radius 3 is 2.48 bits per heavy atom. The van der Waals surface area contributed by atoms with Crippen molar-refractivity contribution < 1.29 is 22.8 Å². The molecular formula is C20H18F3N5O2S. The second kappa shape index (κ2) is 9.65. The van der Waals surface area contributed by atoms with Crippen molar-refractivity contribution >= 4 is 29.3 Å². The Labute approximate surface area is 180 Å². The Kier molecular flexibility index (Phi) is 6.95. The Bertz CT molecular complexity index is 1140. The maximum atomic E-state index is 13.6. The number of thioether (sulfide) groups is 1. The quantitative estimate of drug-likeness (QED) is 0.427. The van der Waals surface area contributed by atoms with Crippen LogP contribution in [0.4, 0.5) is 18.9 Å². The second-order valence-corrected chi connectivity index (χ2v) is 7.43. The van der Waals surface area contributed by atoms with Crippen LogP contribution < -0.4 is 10.6 Å². The molecule has 2 amide bonds. The fourth-order valence-electron chi connectivity index (χ4n) is 2.70. The Morgan fingerprint density at radius 2 is 1.74 bits per heavy atom. The van der Waals surface area contributed by atoms with Crippen molar-refractivity contribution in [1.29, 1.82) is 0 Å². The first-order chi connectivity index (χ1) is 14.8. The number of carbonyl (C=O) groups is 2. The molecule has 3 rings (SSSR count). The van der Waals surface area contributed by atoms with Gasteiger partial charge in [-0.25, -0.2) is 13.2 Å². The van der Waals surface area contributed by atoms with Gasteiger partial charge in [-0.15, -0.1) is 10.2 Å². The van der Waals surface area contributed by atoms with Crippen LogP contribution in [0.3, 0.4) is 0 Å². The van der Waals surface area contributed by atoms with Crippen LogP contribution in [0.25, 0.3) is 5.69 Å². The summed E-state index contributed by atoms with van der Waals surface area (Å²) in [5.74, 6) is -5.21. The number of aryl methyl sites for hydroxylation is 2. The molecule has 0 aliphatic rings. The molecule has 11 heteroatoms. The lowest BCUT2D eigenvalue weighted by Crippen LogP contribution is -2.34. The minimum Gasteiger partial charge on any atom is -0.346 e. The predicted molar refractivity (Wildman–Crippen MR) is 110 cm³/mol. The van der Waals surface area contributed by atoms with Crippen LogP contribution >= 0.6 is 11.8 Å². The largest absolute Gasteiger partial charge is 0.346 e. The molecule has 3 aromatic rings. The van der Waals surface area contributed by atoms with Crippen molar-refractivity contribution in [3.8, 4) is 5.69 Å². The van der Waals surface area contributed by atoms with Crippen molar-refractivity contribution in [3.63, 3.8) is 0 Å². The summed E-state index contributed by atoms with van der Waals surface area (Å²) in [5.41, 5.74) is 1.38. The molecule has 0 bridgehead atoms. The van der Waals surface area contributed by atoms with Crippen LogP contribution in [-0.2, 0) is 9.59 Å². The first-order valence-electron chi connectivity index (χ1n) is 9.08. The maximum Gasteiger partial charge on any atom is 0.243 e. The third-order valence-electron chi connectivity index (χ3n) is 4.24. The number of para-hydroxylation sites is 1. The molecule has 1 heterocycles. The number of hydrogen-bond donors (Lipinski definition) is 2. The van der Waals surface area contributed by atoms with E-state index in [-0.39, 0.29) is 5.75 Å². The number of hydrogen-bond acceptors (Lipinski definition) is 5. The molecule has 0 saturated carbocycles. The zero-order chi connectivity index (χ0) is 22.5. The number of rotatable bonds is 7. The van der Waals surface area contributed by atoms with Crippen LogP contribution in [0.15, 0.2) is 41.6 Å². The average molecular weight is 449 g/mol. The molecule has 0 unspecified atom stereocenters. The number of benzene rings is 2. The molecule has 1 aromatic heterocycles. The molecule has 0 fully saturated rings. The first kappa shape index (κ1) is 22.3. The van der Waals surface area contributed by atoms with E-state index in [0.29, 0.717) is 17.0 Å². The van der Waals surface area contributed by atoms with E-state index in [9.17, 15) is 22.8 Å². The van der Waals surface area contributed by atoms with E-state index in [1.807, 2.05) is 35.8 Å². The van der Waals surface area contributed by atoms with Gasteiger partial charge in [0.25, 0.3) is 0 Å². The van der Waals surface area contributed by atoms with Gasteiger partial charge in [0, 0.05) is 0 Å². The second-order valence-electron chi connectivity index (χ2n) is 6.49. The van der Waals surface area contributed by atoms with Crippen molar-refractivity contribution in [2.45, 2.75) is 19.0 Å². The SMILES string of the molecule is Cc1ccccc1-n1c(C)nnc1SCC(=O)NCC(=O)Nc1ccc(F)c(F)c1F. The minimum atomic E-state index is -1.69. The molecule has 0 atom stereocenters. The van der Waals surface area contributed by atoms with E-state index in [0.717, 1.165) is 29.1 Å². The van der Waals surface area contributed by atoms with E-state index in [1.165, 1.54) is 0 Å². The standard InChI is InChI=1S/C20H18F3N5O2S/c1-11-5-3-4-6-15(11)28-12(2)26-27-20(28)31-10-17(30)24-9-16(29)25-14-8-7-13(21)18(22)19(14)23/h3-8H,9-10H2,1-2H3,(H,24,30)(H,25,29). The summed E-state index contributed by atoms with van der Waals surface area (Å²) >= 11 is 1.14. The molecule has 0 radical (unpaired) electrons. The normalized spacial score (nSPS) is 10.7. The van der Waals surface area contributed by atoms with Gasteiger partial charge in [-0.3, -0.25) is 14.2 Å². The molecule has 0 spiro atoms. The number of amides is 2. The monoisotopic (exact) mass is 449 g/mol. The van der Waals surface area contributed by atoms with Crippen LogP contribution in [0.2, 0.25) is 0 Å². The third kappa shape index (κ3) is 5.23. The van der Waals surface area contributed by atoms with Crippen LogP contribution in [0, 0.1) is 31.3 Å². The molecular weight excluding hydrogens is 431 g/mol. The Hall–Kier alpha value is -3.34. The van der Waals surface area contributed by atoms with Gasteiger partial charge in [0.1, 0.15) is 5.82 Å². The molecule has 0 aliphatic heterocycles. The summed E-state index contributed by atoms with van der Waals surface area (Å²) in [7, 11) is 0. The number of carbonyl (C=O) groups excluding carboxylic acids is 2. The predicted octanol–water partition coefficient (Wildman–Crippen LogP) is 3.15. The highest BCUT2D eigenvalue weighted by atomic mass is 32.2. The van der Waals surface area contributed by atoms with E-state index >= 15 is 0 Å². The highest BCUT2D eigenvalue weighted by Gasteiger charge is 2.17. The lowest BCUT2D eigenvalue weighted by molar-refractivity contribution is -0.122. The van der Waals surface area contributed by atoms with E-state index in [4.69, 9.17) is 0 Å². The number of anilines is 1. The van der Waals surface area contributed by atoms with Crippen molar-refractivity contribution in [2.24, 2.45) is 0 Å². The zero-order valence-corrected chi connectivity index (χ0v) is 17.4. The van der Waals surface area contributed by atoms with E-state index < -0.39 is 41.5 Å². The topological polar surface area (TPSA) is 88.9 Å². The molecule has 7 nitrogen and oxygen atoms in total. The summed E-state index contributed by atoms with van der Waals surface area (Å²) in [6, 6.07) is 9.25. The minimum absolute atomic E-state index is 0.0448. The zero-order valence-electron chi connectivity index (χ0n) is 16.6. The summed E-state index contributed by atoms with van der Waals surface area (Å²) < 4.78 is 41.6. The smallest absolute Gasteiger partial charge is 0.243 e. The molecule has 2 aromatic carbocycles.